The summed E-state index contributed by atoms with van der Waals surface area (Å²) < 4.78 is 13.7. The maximum atomic E-state index is 13.7. The summed E-state index contributed by atoms with van der Waals surface area (Å²) in [7, 11) is 0. The molecule has 0 aliphatic carbocycles. The zero-order valence-corrected chi connectivity index (χ0v) is 13.9. The number of allylic oxidation sites excluding steroid dienone is 2. The van der Waals surface area contributed by atoms with E-state index in [-0.39, 0.29) is 5.82 Å². The first-order chi connectivity index (χ1) is 10.4. The van der Waals surface area contributed by atoms with Gasteiger partial charge in [-0.1, -0.05) is 52.0 Å². The Labute approximate surface area is 133 Å². The summed E-state index contributed by atoms with van der Waals surface area (Å²) in [5, 5.41) is 0. The van der Waals surface area contributed by atoms with E-state index in [0.717, 1.165) is 30.5 Å². The van der Waals surface area contributed by atoms with Crippen molar-refractivity contribution in [3.05, 3.63) is 59.6 Å². The van der Waals surface area contributed by atoms with Gasteiger partial charge in [-0.3, -0.25) is 4.99 Å². The van der Waals surface area contributed by atoms with Gasteiger partial charge in [-0.05, 0) is 36.5 Å². The number of aliphatic imine (C=N–C) groups is 1. The Bertz CT molecular complexity index is 556. The molecule has 0 saturated carbocycles. The number of rotatable bonds is 8. The van der Waals surface area contributed by atoms with Gasteiger partial charge in [-0.25, -0.2) is 4.39 Å². The first-order valence-corrected chi connectivity index (χ1v) is 7.86. The maximum Gasteiger partial charge on any atom is 0.128 e. The van der Waals surface area contributed by atoms with Crippen LogP contribution in [0.25, 0.3) is 0 Å². The number of nitrogens with two attached hydrogens (primary N) is 1. The molecule has 0 aliphatic rings. The number of hydrogen-bond acceptors (Lipinski definition) is 2. The van der Waals surface area contributed by atoms with Gasteiger partial charge >= 0.3 is 0 Å². The van der Waals surface area contributed by atoms with Crippen molar-refractivity contribution in [2.45, 2.75) is 46.6 Å². The van der Waals surface area contributed by atoms with Crippen molar-refractivity contribution in [1.82, 2.24) is 0 Å². The van der Waals surface area contributed by atoms with E-state index in [9.17, 15) is 4.39 Å². The zero-order chi connectivity index (χ0) is 16.5. The van der Waals surface area contributed by atoms with Crippen molar-refractivity contribution in [3.8, 4) is 0 Å². The number of halogens is 1. The summed E-state index contributed by atoms with van der Waals surface area (Å²) in [5.74, 6) is 0.241. The Morgan fingerprint density at radius 2 is 2.05 bits per heavy atom. The molecule has 0 amide bonds. The molecular weight excluding hydrogens is 275 g/mol. The molecule has 2 N–H and O–H groups in total. The lowest BCUT2D eigenvalue weighted by Gasteiger charge is -2.09. The van der Waals surface area contributed by atoms with E-state index in [1.54, 1.807) is 12.1 Å². The predicted molar refractivity (Wildman–Crippen MR) is 93.3 cm³/mol. The second kappa shape index (κ2) is 9.19. The third-order valence-corrected chi connectivity index (χ3v) is 3.31. The highest BCUT2D eigenvalue weighted by Crippen LogP contribution is 2.13. The van der Waals surface area contributed by atoms with Gasteiger partial charge in [0.15, 0.2) is 0 Å². The lowest BCUT2D eigenvalue weighted by molar-refractivity contribution is 0.610. The second-order valence-electron chi connectivity index (χ2n) is 5.95. The van der Waals surface area contributed by atoms with Crippen LogP contribution in [0.15, 0.2) is 53.2 Å². The Balaban J connectivity index is 2.92. The fraction of sp³-hybridized carbons (Fsp3) is 0.421. The molecule has 0 unspecified atom stereocenters. The predicted octanol–water partition coefficient (Wildman–Crippen LogP) is 5.01. The van der Waals surface area contributed by atoms with E-state index < -0.39 is 0 Å². The molecule has 0 aromatic heterocycles. The van der Waals surface area contributed by atoms with Crippen LogP contribution >= 0.6 is 0 Å². The van der Waals surface area contributed by atoms with Crippen LogP contribution in [0, 0.1) is 11.7 Å². The molecule has 0 heterocycles. The monoisotopic (exact) mass is 302 g/mol. The van der Waals surface area contributed by atoms with Crippen molar-refractivity contribution >= 4 is 5.71 Å². The molecule has 0 aliphatic heterocycles. The summed E-state index contributed by atoms with van der Waals surface area (Å²) in [6.07, 6.45) is 4.59. The topological polar surface area (TPSA) is 38.4 Å². The first kappa shape index (κ1) is 18.1. The van der Waals surface area contributed by atoms with Gasteiger partial charge in [0.1, 0.15) is 5.82 Å². The van der Waals surface area contributed by atoms with E-state index in [0.29, 0.717) is 23.7 Å². The molecule has 0 bridgehead atoms. The lowest BCUT2D eigenvalue weighted by Crippen LogP contribution is -2.08. The van der Waals surface area contributed by atoms with Gasteiger partial charge in [-0.2, -0.15) is 0 Å². The van der Waals surface area contributed by atoms with Crippen LogP contribution in [0.5, 0.6) is 0 Å². The van der Waals surface area contributed by atoms with Crippen LogP contribution in [0.1, 0.15) is 45.6 Å². The van der Waals surface area contributed by atoms with Crippen molar-refractivity contribution in [2.24, 2.45) is 16.6 Å². The SMILES string of the molecule is C=C(CCC)C(N)=CC(CC(C)C)=NCc1ccccc1F. The minimum atomic E-state index is -0.220. The molecule has 0 atom stereocenters. The van der Waals surface area contributed by atoms with Crippen molar-refractivity contribution in [3.63, 3.8) is 0 Å². The smallest absolute Gasteiger partial charge is 0.128 e. The van der Waals surface area contributed by atoms with E-state index in [2.05, 4.69) is 32.3 Å². The molecular formula is C19H27FN2. The average molecular weight is 302 g/mol. The molecule has 2 nitrogen and oxygen atoms in total. The highest BCUT2D eigenvalue weighted by molar-refractivity contribution is 5.96. The molecule has 22 heavy (non-hydrogen) atoms. The standard InChI is InChI=1S/C19H27FN2/c1-5-8-15(4)19(21)12-17(11-14(2)3)22-13-16-9-6-7-10-18(16)20/h6-7,9-10,12,14H,4-5,8,11,13,21H2,1-3H3. The van der Waals surface area contributed by atoms with Crippen LogP contribution in [0.4, 0.5) is 4.39 Å². The van der Waals surface area contributed by atoms with Crippen LogP contribution in [-0.2, 0) is 6.54 Å². The maximum absolute atomic E-state index is 13.7. The normalized spacial score (nSPS) is 12.8. The van der Waals surface area contributed by atoms with Crippen molar-refractivity contribution in [1.29, 1.82) is 0 Å². The largest absolute Gasteiger partial charge is 0.398 e. The van der Waals surface area contributed by atoms with Gasteiger partial charge in [0, 0.05) is 17.0 Å². The Morgan fingerprint density at radius 1 is 1.36 bits per heavy atom. The average Bonchev–Trinajstić information content (AvgIpc) is 2.45. The molecule has 1 rings (SSSR count). The minimum absolute atomic E-state index is 0.220. The van der Waals surface area contributed by atoms with Gasteiger partial charge in [-0.15, -0.1) is 0 Å². The van der Waals surface area contributed by atoms with Crippen LogP contribution in [0.2, 0.25) is 0 Å². The summed E-state index contributed by atoms with van der Waals surface area (Å²) in [6.45, 7) is 10.7. The van der Waals surface area contributed by atoms with Gasteiger partial charge in [0.2, 0.25) is 0 Å². The van der Waals surface area contributed by atoms with E-state index in [4.69, 9.17) is 5.73 Å². The molecule has 0 fully saturated rings. The molecule has 0 radical (unpaired) electrons. The minimum Gasteiger partial charge on any atom is -0.398 e. The summed E-state index contributed by atoms with van der Waals surface area (Å²) in [4.78, 5) is 4.56. The van der Waals surface area contributed by atoms with E-state index in [1.807, 2.05) is 12.1 Å². The highest BCUT2D eigenvalue weighted by Gasteiger charge is 2.05. The molecule has 0 spiro atoms. The van der Waals surface area contributed by atoms with Gasteiger partial charge < -0.3 is 5.73 Å². The highest BCUT2D eigenvalue weighted by atomic mass is 19.1. The number of hydrogen-bond donors (Lipinski definition) is 1. The summed E-state index contributed by atoms with van der Waals surface area (Å²) >= 11 is 0. The quantitative estimate of drug-likeness (QED) is 0.532. The second-order valence-corrected chi connectivity index (χ2v) is 5.95. The lowest BCUT2D eigenvalue weighted by atomic mass is 10.0. The van der Waals surface area contributed by atoms with E-state index >= 15 is 0 Å². The molecule has 1 aromatic carbocycles. The molecule has 120 valence electrons. The van der Waals surface area contributed by atoms with Gasteiger partial charge in [0.05, 0.1) is 6.54 Å². The Morgan fingerprint density at radius 3 is 2.64 bits per heavy atom. The Kier molecular flexibility index (Phi) is 7.58. The Hall–Kier alpha value is -1.90. The molecule has 1 aromatic rings. The first-order valence-electron chi connectivity index (χ1n) is 7.86. The van der Waals surface area contributed by atoms with Crippen LogP contribution < -0.4 is 5.73 Å². The molecule has 0 saturated heterocycles. The fourth-order valence-electron chi connectivity index (χ4n) is 2.13. The third kappa shape index (κ3) is 6.25. The van der Waals surface area contributed by atoms with Crippen LogP contribution in [0.3, 0.4) is 0 Å². The fourth-order valence-corrected chi connectivity index (χ4v) is 2.13. The number of nitrogens with zero attached hydrogens (tertiary/aromatic N) is 1. The van der Waals surface area contributed by atoms with Crippen LogP contribution in [-0.4, -0.2) is 5.71 Å². The van der Waals surface area contributed by atoms with Gasteiger partial charge in [0.25, 0.3) is 0 Å². The summed E-state index contributed by atoms with van der Waals surface area (Å²) in [5.41, 5.74) is 9.19. The van der Waals surface area contributed by atoms with Crippen molar-refractivity contribution in [2.75, 3.05) is 0 Å². The summed E-state index contributed by atoms with van der Waals surface area (Å²) in [6, 6.07) is 6.72. The molecule has 3 heteroatoms. The van der Waals surface area contributed by atoms with Crippen molar-refractivity contribution < 1.29 is 4.39 Å². The van der Waals surface area contributed by atoms with E-state index in [1.165, 1.54) is 6.07 Å². The zero-order valence-electron chi connectivity index (χ0n) is 13.9. The number of benzene rings is 1. The third-order valence-electron chi connectivity index (χ3n) is 3.31.